The van der Waals surface area contributed by atoms with Crippen molar-refractivity contribution in [3.63, 3.8) is 0 Å². The van der Waals surface area contributed by atoms with Crippen LogP contribution in [0.5, 0.6) is 5.75 Å². The molecule has 8 heteroatoms. The number of hydrogen-bond acceptors (Lipinski definition) is 4. The van der Waals surface area contributed by atoms with Gasteiger partial charge >= 0.3 is 0 Å². The highest BCUT2D eigenvalue weighted by Gasteiger charge is 2.23. The van der Waals surface area contributed by atoms with Gasteiger partial charge in [0.15, 0.2) is 12.6 Å². The summed E-state index contributed by atoms with van der Waals surface area (Å²) >= 11 is 0. The van der Waals surface area contributed by atoms with Gasteiger partial charge in [-0.05, 0) is 60.7 Å². The minimum Gasteiger partial charge on any atom is -0.484 e. The normalized spacial score (nSPS) is 13.4. The van der Waals surface area contributed by atoms with E-state index in [1.54, 1.807) is 13.2 Å². The molecule has 0 saturated heterocycles. The maximum atomic E-state index is 11.8. The molecule has 172 valence electrons. The van der Waals surface area contributed by atoms with Gasteiger partial charge in [0.25, 0.3) is 5.91 Å². The van der Waals surface area contributed by atoms with Crippen LogP contribution in [0, 0.1) is 0 Å². The van der Waals surface area contributed by atoms with Crippen LogP contribution in [-0.4, -0.2) is 47.9 Å². The molecule has 1 saturated carbocycles. The first-order valence-corrected chi connectivity index (χ1v) is 11.2. The lowest BCUT2D eigenvalue weighted by Gasteiger charge is -2.13. The second kappa shape index (κ2) is 11.2. The first-order valence-electron chi connectivity index (χ1n) is 11.2. The molecule has 33 heavy (non-hydrogen) atoms. The average Bonchev–Trinajstić information content (AvgIpc) is 3.48. The predicted molar refractivity (Wildman–Crippen MR) is 129 cm³/mol. The van der Waals surface area contributed by atoms with Crippen LogP contribution in [0.2, 0.25) is 0 Å². The van der Waals surface area contributed by atoms with Crippen molar-refractivity contribution in [3.05, 3.63) is 78.1 Å². The summed E-state index contributed by atoms with van der Waals surface area (Å²) in [6.07, 6.45) is 6.72. The second-order valence-corrected chi connectivity index (χ2v) is 8.00. The van der Waals surface area contributed by atoms with E-state index >= 15 is 0 Å². The van der Waals surface area contributed by atoms with E-state index in [1.807, 2.05) is 41.2 Å². The first-order chi connectivity index (χ1) is 16.2. The number of carbonyl (C=O) groups excluding carboxylic acids is 1. The molecule has 8 nitrogen and oxygen atoms in total. The lowest BCUT2D eigenvalue weighted by molar-refractivity contribution is -0.123. The summed E-state index contributed by atoms with van der Waals surface area (Å²) in [6.45, 7) is 1.41. The molecule has 1 fully saturated rings. The van der Waals surface area contributed by atoms with E-state index in [9.17, 15) is 4.79 Å². The molecule has 1 aromatic heterocycles. The van der Waals surface area contributed by atoms with Gasteiger partial charge in [-0.15, -0.1) is 0 Å². The number of nitrogens with one attached hydrogen (secondary N) is 3. The molecule has 2 aromatic carbocycles. The molecule has 0 unspecified atom stereocenters. The molecule has 4 rings (SSSR count). The first kappa shape index (κ1) is 22.4. The van der Waals surface area contributed by atoms with Gasteiger partial charge < -0.3 is 20.7 Å². The lowest BCUT2D eigenvalue weighted by Crippen LogP contribution is -2.37. The van der Waals surface area contributed by atoms with Gasteiger partial charge in [0, 0.05) is 38.6 Å². The molecule has 3 aromatic rings. The summed E-state index contributed by atoms with van der Waals surface area (Å²) in [7, 11) is 1.76. The number of guanidine groups is 1. The van der Waals surface area contributed by atoms with Crippen LogP contribution in [0.25, 0.3) is 5.69 Å². The average molecular weight is 447 g/mol. The molecule has 1 heterocycles. The van der Waals surface area contributed by atoms with Crippen molar-refractivity contribution in [2.24, 2.45) is 4.99 Å². The summed E-state index contributed by atoms with van der Waals surface area (Å²) in [6, 6.07) is 18.4. The summed E-state index contributed by atoms with van der Waals surface area (Å²) < 4.78 is 7.47. The van der Waals surface area contributed by atoms with Crippen LogP contribution < -0.4 is 20.7 Å². The van der Waals surface area contributed by atoms with Gasteiger partial charge in [-0.2, -0.15) is 5.10 Å². The molecule has 1 aliphatic rings. The molecule has 0 spiro atoms. The van der Waals surface area contributed by atoms with Crippen molar-refractivity contribution >= 4 is 11.9 Å². The number of benzene rings is 2. The Morgan fingerprint density at radius 2 is 1.97 bits per heavy atom. The fourth-order valence-corrected chi connectivity index (χ4v) is 3.36. The fourth-order valence-electron chi connectivity index (χ4n) is 3.36. The van der Waals surface area contributed by atoms with Crippen LogP contribution in [0.1, 0.15) is 24.0 Å². The number of ether oxygens (including phenoxy) is 1. The van der Waals surface area contributed by atoms with Crippen molar-refractivity contribution in [2.75, 3.05) is 20.2 Å². The smallest absolute Gasteiger partial charge is 0.258 e. The van der Waals surface area contributed by atoms with Gasteiger partial charge in [0.05, 0.1) is 5.69 Å². The Balaban J connectivity index is 1.19. The van der Waals surface area contributed by atoms with E-state index < -0.39 is 0 Å². The van der Waals surface area contributed by atoms with E-state index in [-0.39, 0.29) is 12.5 Å². The molecule has 0 radical (unpaired) electrons. The highest BCUT2D eigenvalue weighted by molar-refractivity contribution is 5.79. The standard InChI is InChI=1S/C25H30N6O2/c1-26-25(27-14-12-19-6-10-22(11-7-19)31-15-3-13-29-31)28-17-20-4-2-5-23(16-20)33-18-24(32)30-21-8-9-21/h2-7,10-11,13,15-16,21H,8-9,12,14,17-18H2,1H3,(H,30,32)(H2,26,27,28). The summed E-state index contributed by atoms with van der Waals surface area (Å²) in [5.41, 5.74) is 3.33. The van der Waals surface area contributed by atoms with E-state index in [1.165, 1.54) is 5.56 Å². The van der Waals surface area contributed by atoms with Crippen molar-refractivity contribution in [3.8, 4) is 11.4 Å². The van der Waals surface area contributed by atoms with Crippen LogP contribution in [-0.2, 0) is 17.8 Å². The number of aliphatic imine (C=N–C) groups is 1. The zero-order chi connectivity index (χ0) is 22.9. The molecule has 0 bridgehead atoms. The van der Waals surface area contributed by atoms with Crippen LogP contribution in [0.4, 0.5) is 0 Å². The molecule has 1 aliphatic carbocycles. The maximum Gasteiger partial charge on any atom is 0.258 e. The van der Waals surface area contributed by atoms with Crippen molar-refractivity contribution in [1.82, 2.24) is 25.7 Å². The Labute approximate surface area is 194 Å². The van der Waals surface area contributed by atoms with E-state index in [4.69, 9.17) is 4.74 Å². The molecular formula is C25H30N6O2. The van der Waals surface area contributed by atoms with E-state index in [0.29, 0.717) is 18.3 Å². The van der Waals surface area contributed by atoms with Gasteiger partial charge in [0.1, 0.15) is 5.75 Å². The summed E-state index contributed by atoms with van der Waals surface area (Å²) in [5.74, 6) is 1.35. The molecule has 0 aliphatic heterocycles. The van der Waals surface area contributed by atoms with Crippen molar-refractivity contribution in [1.29, 1.82) is 0 Å². The second-order valence-electron chi connectivity index (χ2n) is 8.00. The Hall–Kier alpha value is -3.81. The van der Waals surface area contributed by atoms with Gasteiger partial charge in [-0.1, -0.05) is 24.3 Å². The molecule has 1 amide bonds. The van der Waals surface area contributed by atoms with E-state index in [0.717, 1.165) is 43.0 Å². The Bertz CT molecular complexity index is 1060. The SMILES string of the molecule is CN=C(NCCc1ccc(-n2cccn2)cc1)NCc1cccc(OCC(=O)NC2CC2)c1. The molecule has 3 N–H and O–H groups in total. The minimum absolute atomic E-state index is 0.0412. The monoisotopic (exact) mass is 446 g/mol. The molecule has 0 atom stereocenters. The number of nitrogens with zero attached hydrogens (tertiary/aromatic N) is 3. The lowest BCUT2D eigenvalue weighted by atomic mass is 10.1. The summed E-state index contributed by atoms with van der Waals surface area (Å²) in [4.78, 5) is 16.1. The zero-order valence-electron chi connectivity index (χ0n) is 18.8. The highest BCUT2D eigenvalue weighted by atomic mass is 16.5. The van der Waals surface area contributed by atoms with Crippen LogP contribution >= 0.6 is 0 Å². The van der Waals surface area contributed by atoms with Gasteiger partial charge in [-0.25, -0.2) is 4.68 Å². The zero-order valence-corrected chi connectivity index (χ0v) is 18.8. The minimum atomic E-state index is -0.0679. The molecular weight excluding hydrogens is 416 g/mol. The van der Waals surface area contributed by atoms with E-state index in [2.05, 4.69) is 50.3 Å². The number of rotatable bonds is 10. The third-order valence-corrected chi connectivity index (χ3v) is 5.31. The fraction of sp³-hybridized carbons (Fsp3) is 0.320. The quantitative estimate of drug-likeness (QED) is 0.329. The number of hydrogen-bond donors (Lipinski definition) is 3. The Kier molecular flexibility index (Phi) is 7.58. The summed E-state index contributed by atoms with van der Waals surface area (Å²) in [5, 5.41) is 13.8. The predicted octanol–water partition coefficient (Wildman–Crippen LogP) is 2.44. The maximum absolute atomic E-state index is 11.8. The van der Waals surface area contributed by atoms with Crippen molar-refractivity contribution in [2.45, 2.75) is 31.8 Å². The van der Waals surface area contributed by atoms with Gasteiger partial charge in [0.2, 0.25) is 0 Å². The largest absolute Gasteiger partial charge is 0.484 e. The third-order valence-electron chi connectivity index (χ3n) is 5.31. The Morgan fingerprint density at radius 3 is 2.70 bits per heavy atom. The number of amides is 1. The Morgan fingerprint density at radius 1 is 1.12 bits per heavy atom. The van der Waals surface area contributed by atoms with Crippen LogP contribution in [0.15, 0.2) is 72.0 Å². The highest BCUT2D eigenvalue weighted by Crippen LogP contribution is 2.18. The third kappa shape index (κ3) is 7.10. The number of carbonyl (C=O) groups is 1. The van der Waals surface area contributed by atoms with Crippen LogP contribution in [0.3, 0.4) is 0 Å². The van der Waals surface area contributed by atoms with Crippen molar-refractivity contribution < 1.29 is 9.53 Å². The number of aromatic nitrogens is 2. The van der Waals surface area contributed by atoms with Gasteiger partial charge in [-0.3, -0.25) is 9.79 Å². The topological polar surface area (TPSA) is 92.6 Å².